The lowest BCUT2D eigenvalue weighted by Gasteiger charge is -2.16. The van der Waals surface area contributed by atoms with E-state index in [2.05, 4.69) is 5.32 Å². The Labute approximate surface area is 164 Å². The van der Waals surface area contributed by atoms with Crippen LogP contribution in [0.3, 0.4) is 0 Å². The smallest absolute Gasteiger partial charge is 0.251 e. The monoisotopic (exact) mass is 377 g/mol. The van der Waals surface area contributed by atoms with Gasteiger partial charge in [-0.2, -0.15) is 0 Å². The molecule has 2 heterocycles. The average molecular weight is 377 g/mol. The maximum absolute atomic E-state index is 12.5. The van der Waals surface area contributed by atoms with Gasteiger partial charge in [-0.15, -0.1) is 0 Å². The molecule has 1 saturated heterocycles. The molecule has 3 amide bonds. The number of rotatable bonds is 4. The van der Waals surface area contributed by atoms with Gasteiger partial charge >= 0.3 is 0 Å². The molecule has 0 aromatic heterocycles. The predicted octanol–water partition coefficient (Wildman–Crippen LogP) is 2.65. The van der Waals surface area contributed by atoms with Crippen LogP contribution < -0.4 is 15.1 Å². The van der Waals surface area contributed by atoms with Gasteiger partial charge in [0.05, 0.1) is 0 Å². The molecule has 2 aliphatic heterocycles. The third-order valence-corrected chi connectivity index (χ3v) is 5.39. The summed E-state index contributed by atoms with van der Waals surface area (Å²) in [5, 5.41) is 2.94. The number of benzene rings is 2. The highest BCUT2D eigenvalue weighted by Gasteiger charge is 2.23. The van der Waals surface area contributed by atoms with Crippen LogP contribution in [0.15, 0.2) is 42.5 Å². The van der Waals surface area contributed by atoms with Crippen molar-refractivity contribution in [1.29, 1.82) is 0 Å². The van der Waals surface area contributed by atoms with Crippen LogP contribution in [0.2, 0.25) is 0 Å². The van der Waals surface area contributed by atoms with Crippen LogP contribution in [0, 0.1) is 0 Å². The highest BCUT2D eigenvalue weighted by Crippen LogP contribution is 2.29. The molecule has 28 heavy (non-hydrogen) atoms. The third kappa shape index (κ3) is 3.50. The Hall–Kier alpha value is -3.15. The van der Waals surface area contributed by atoms with E-state index in [1.807, 2.05) is 36.4 Å². The lowest BCUT2D eigenvalue weighted by Crippen LogP contribution is -2.26. The van der Waals surface area contributed by atoms with E-state index >= 15 is 0 Å². The molecule has 6 nitrogen and oxygen atoms in total. The molecule has 0 unspecified atom stereocenters. The second-order valence-corrected chi connectivity index (χ2v) is 7.26. The van der Waals surface area contributed by atoms with Crippen LogP contribution in [-0.4, -0.2) is 30.8 Å². The number of amides is 3. The van der Waals surface area contributed by atoms with Gasteiger partial charge in [0.1, 0.15) is 0 Å². The van der Waals surface area contributed by atoms with Gasteiger partial charge in [-0.3, -0.25) is 14.4 Å². The molecule has 6 heteroatoms. The lowest BCUT2D eigenvalue weighted by molar-refractivity contribution is -0.117. The van der Waals surface area contributed by atoms with Crippen LogP contribution in [0.1, 0.15) is 41.3 Å². The van der Waals surface area contributed by atoms with Gasteiger partial charge in [0, 0.05) is 49.9 Å². The minimum absolute atomic E-state index is 0.0232. The van der Waals surface area contributed by atoms with Crippen molar-refractivity contribution < 1.29 is 14.4 Å². The normalized spacial score (nSPS) is 15.7. The van der Waals surface area contributed by atoms with Crippen molar-refractivity contribution in [3.8, 4) is 0 Å². The van der Waals surface area contributed by atoms with E-state index in [9.17, 15) is 14.4 Å². The SMILES string of the molecule is CC(=O)N1CCc2cc(C(=O)NCc3ccc(N4CCCC4=O)cc3)ccc21. The number of carbonyl (C=O) groups excluding carboxylic acids is 3. The molecule has 2 aliphatic rings. The van der Waals surface area contributed by atoms with Crippen molar-refractivity contribution in [2.24, 2.45) is 0 Å². The number of hydrogen-bond acceptors (Lipinski definition) is 3. The van der Waals surface area contributed by atoms with Gasteiger partial charge in [-0.1, -0.05) is 12.1 Å². The molecule has 0 radical (unpaired) electrons. The Morgan fingerprint density at radius 3 is 2.50 bits per heavy atom. The van der Waals surface area contributed by atoms with Crippen LogP contribution in [0.4, 0.5) is 11.4 Å². The summed E-state index contributed by atoms with van der Waals surface area (Å²) in [6.45, 7) is 3.42. The molecule has 0 atom stereocenters. The van der Waals surface area contributed by atoms with Gasteiger partial charge in [-0.25, -0.2) is 0 Å². The maximum Gasteiger partial charge on any atom is 0.251 e. The zero-order valence-corrected chi connectivity index (χ0v) is 15.9. The van der Waals surface area contributed by atoms with Gasteiger partial charge in [0.2, 0.25) is 11.8 Å². The summed E-state index contributed by atoms with van der Waals surface area (Å²) < 4.78 is 0. The second-order valence-electron chi connectivity index (χ2n) is 7.26. The highest BCUT2D eigenvalue weighted by atomic mass is 16.2. The van der Waals surface area contributed by atoms with E-state index in [4.69, 9.17) is 0 Å². The quantitative estimate of drug-likeness (QED) is 0.891. The first-order valence-corrected chi connectivity index (χ1v) is 9.61. The number of fused-ring (bicyclic) bond motifs is 1. The van der Waals surface area contributed by atoms with E-state index < -0.39 is 0 Å². The number of carbonyl (C=O) groups is 3. The molecule has 1 fully saturated rings. The molecule has 1 N–H and O–H groups in total. The minimum Gasteiger partial charge on any atom is -0.348 e. The average Bonchev–Trinajstić information content (AvgIpc) is 3.32. The second kappa shape index (κ2) is 7.46. The van der Waals surface area contributed by atoms with Crippen LogP contribution in [0.5, 0.6) is 0 Å². The molecular formula is C22H23N3O3. The largest absolute Gasteiger partial charge is 0.348 e. The fraction of sp³-hybridized carbons (Fsp3) is 0.318. The Balaban J connectivity index is 1.38. The molecule has 144 valence electrons. The van der Waals surface area contributed by atoms with Crippen molar-refractivity contribution >= 4 is 29.1 Å². The first kappa shape index (κ1) is 18.2. The molecule has 0 bridgehead atoms. The predicted molar refractivity (Wildman–Crippen MR) is 107 cm³/mol. The number of nitrogens with zero attached hydrogens (tertiary/aromatic N) is 2. The first-order valence-electron chi connectivity index (χ1n) is 9.61. The summed E-state index contributed by atoms with van der Waals surface area (Å²) in [5.41, 5.74) is 4.42. The van der Waals surface area contributed by atoms with E-state index in [0.717, 1.165) is 41.9 Å². The lowest BCUT2D eigenvalue weighted by atomic mass is 10.1. The van der Waals surface area contributed by atoms with Gasteiger partial charge in [0.25, 0.3) is 5.91 Å². The zero-order chi connectivity index (χ0) is 19.7. The Kier molecular flexibility index (Phi) is 4.86. The van der Waals surface area contributed by atoms with Crippen LogP contribution in [0.25, 0.3) is 0 Å². The summed E-state index contributed by atoms with van der Waals surface area (Å²) in [4.78, 5) is 39.5. The number of nitrogens with one attached hydrogen (secondary N) is 1. The topological polar surface area (TPSA) is 69.7 Å². The highest BCUT2D eigenvalue weighted by molar-refractivity contribution is 5.98. The summed E-state index contributed by atoms with van der Waals surface area (Å²) in [5.74, 6) is 0.0545. The van der Waals surface area contributed by atoms with Crippen LogP contribution in [-0.2, 0) is 22.6 Å². The minimum atomic E-state index is -0.136. The molecule has 4 rings (SSSR count). The Bertz CT molecular complexity index is 937. The molecule has 0 saturated carbocycles. The van der Waals surface area contributed by atoms with Crippen LogP contribution >= 0.6 is 0 Å². The van der Waals surface area contributed by atoms with Crippen molar-refractivity contribution in [2.75, 3.05) is 22.9 Å². The van der Waals surface area contributed by atoms with E-state index in [1.54, 1.807) is 22.8 Å². The van der Waals surface area contributed by atoms with E-state index in [0.29, 0.717) is 25.1 Å². The van der Waals surface area contributed by atoms with Crippen molar-refractivity contribution in [3.05, 3.63) is 59.2 Å². The van der Waals surface area contributed by atoms with Crippen molar-refractivity contribution in [2.45, 2.75) is 32.7 Å². The third-order valence-electron chi connectivity index (χ3n) is 5.39. The maximum atomic E-state index is 12.5. The molecule has 0 aliphatic carbocycles. The Morgan fingerprint density at radius 1 is 1.04 bits per heavy atom. The standard InChI is InChI=1S/C22H23N3O3/c1-15(26)24-12-10-17-13-18(6-9-20(17)24)22(28)23-14-16-4-7-19(8-5-16)25-11-2-3-21(25)27/h4-9,13H,2-3,10-12,14H2,1H3,(H,23,28). The molecule has 2 aromatic rings. The summed E-state index contributed by atoms with van der Waals surface area (Å²) in [6, 6.07) is 13.2. The van der Waals surface area contributed by atoms with Crippen molar-refractivity contribution in [3.63, 3.8) is 0 Å². The van der Waals surface area contributed by atoms with E-state index in [-0.39, 0.29) is 17.7 Å². The van der Waals surface area contributed by atoms with Gasteiger partial charge < -0.3 is 15.1 Å². The summed E-state index contributed by atoms with van der Waals surface area (Å²) >= 11 is 0. The molecule has 0 spiro atoms. The summed E-state index contributed by atoms with van der Waals surface area (Å²) in [6.07, 6.45) is 2.29. The van der Waals surface area contributed by atoms with Gasteiger partial charge in [0.15, 0.2) is 0 Å². The zero-order valence-electron chi connectivity index (χ0n) is 15.9. The fourth-order valence-electron chi connectivity index (χ4n) is 3.87. The first-order chi connectivity index (χ1) is 13.5. The van der Waals surface area contributed by atoms with E-state index in [1.165, 1.54) is 0 Å². The summed E-state index contributed by atoms with van der Waals surface area (Å²) in [7, 11) is 0. The fourth-order valence-corrected chi connectivity index (χ4v) is 3.87. The molecule has 2 aromatic carbocycles. The number of hydrogen-bond donors (Lipinski definition) is 1. The van der Waals surface area contributed by atoms with Gasteiger partial charge in [-0.05, 0) is 54.3 Å². The van der Waals surface area contributed by atoms with Crippen molar-refractivity contribution in [1.82, 2.24) is 5.32 Å². The number of anilines is 2. The Morgan fingerprint density at radius 2 is 1.82 bits per heavy atom. The molecular weight excluding hydrogens is 354 g/mol.